The first kappa shape index (κ1) is 20.0. The van der Waals surface area contributed by atoms with Gasteiger partial charge in [0.25, 0.3) is 0 Å². The molecule has 2 aromatic rings. The molecule has 0 aliphatic carbocycles. The van der Waals surface area contributed by atoms with Gasteiger partial charge in [-0.3, -0.25) is 4.79 Å². The topological polar surface area (TPSA) is 32.8 Å². The molecule has 0 fully saturated rings. The largest absolute Gasteiger partial charge is 0.486 e. The summed E-state index contributed by atoms with van der Waals surface area (Å²) >= 11 is 2.97. The molecule has 0 bridgehead atoms. The van der Waals surface area contributed by atoms with Crippen molar-refractivity contribution in [3.63, 3.8) is 0 Å². The van der Waals surface area contributed by atoms with Crippen LogP contribution in [0.2, 0.25) is 0 Å². The minimum absolute atomic E-state index is 0.360. The highest BCUT2D eigenvalue weighted by molar-refractivity contribution is 7.98. The maximum Gasteiger partial charge on any atom is 0.335 e. The molecule has 1 heterocycles. The Kier molecular flexibility index (Phi) is 6.29. The average Bonchev–Trinajstić information content (AvgIpc) is 2.84. The van der Waals surface area contributed by atoms with Gasteiger partial charge < -0.3 is 9.64 Å². The lowest BCUT2D eigenvalue weighted by atomic mass is 10.2. The summed E-state index contributed by atoms with van der Waals surface area (Å²) in [6, 6.07) is 13.8. The minimum Gasteiger partial charge on any atom is -0.486 e. The quantitative estimate of drug-likeness (QED) is 0.390. The van der Waals surface area contributed by atoms with Gasteiger partial charge in [-0.1, -0.05) is 18.2 Å². The zero-order valence-electron chi connectivity index (χ0n) is 15.0. The fraction of sp³-hybridized carbons (Fsp3) is 0.316. The molecule has 0 saturated carbocycles. The number of likely N-dealkylation sites (N-methyl/N-ethyl adjacent to an activating group) is 1. The molecular weight excluding hydrogens is 390 g/mol. The van der Waals surface area contributed by atoms with Crippen LogP contribution in [0.25, 0.3) is 0 Å². The summed E-state index contributed by atoms with van der Waals surface area (Å²) in [4.78, 5) is 14.4. The molecule has 144 valence electrons. The highest BCUT2D eigenvalue weighted by Crippen LogP contribution is 2.44. The third kappa shape index (κ3) is 4.75. The lowest BCUT2D eigenvalue weighted by molar-refractivity contribution is -0.133. The molecule has 8 heteroatoms. The number of ether oxygens (including phenoxy) is 1. The summed E-state index contributed by atoms with van der Waals surface area (Å²) in [6.45, 7) is 0.672. The Morgan fingerprint density at radius 3 is 2.67 bits per heavy atom. The second-order valence-electron chi connectivity index (χ2n) is 6.07. The van der Waals surface area contributed by atoms with Gasteiger partial charge >= 0.3 is 5.92 Å². The van der Waals surface area contributed by atoms with Crippen LogP contribution in [-0.4, -0.2) is 49.5 Å². The van der Waals surface area contributed by atoms with Gasteiger partial charge in [-0.15, -0.1) is 11.8 Å². The van der Waals surface area contributed by atoms with E-state index in [1.807, 2.05) is 49.7 Å². The van der Waals surface area contributed by atoms with E-state index in [1.165, 1.54) is 11.8 Å². The summed E-state index contributed by atoms with van der Waals surface area (Å²) < 4.78 is 34.0. The van der Waals surface area contributed by atoms with Gasteiger partial charge in [0, 0.05) is 18.8 Å². The lowest BCUT2D eigenvalue weighted by Gasteiger charge is -2.25. The molecule has 0 radical (unpaired) electrons. The van der Waals surface area contributed by atoms with E-state index in [0.29, 0.717) is 5.75 Å². The lowest BCUT2D eigenvalue weighted by Crippen LogP contribution is -2.27. The summed E-state index contributed by atoms with van der Waals surface area (Å²) in [5.74, 6) is -3.14. The van der Waals surface area contributed by atoms with E-state index in [4.69, 9.17) is 4.74 Å². The van der Waals surface area contributed by atoms with Crippen molar-refractivity contribution < 1.29 is 18.3 Å². The molecular formula is C19H20F2N2O2S2. The Hall–Kier alpha value is -1.77. The first-order valence-electron chi connectivity index (χ1n) is 8.34. The van der Waals surface area contributed by atoms with Crippen LogP contribution >= 0.6 is 23.7 Å². The fourth-order valence-electron chi connectivity index (χ4n) is 2.75. The molecule has 4 nitrogen and oxygen atoms in total. The fourth-order valence-corrected chi connectivity index (χ4v) is 4.23. The van der Waals surface area contributed by atoms with Crippen molar-refractivity contribution in [1.82, 2.24) is 4.31 Å². The second-order valence-corrected chi connectivity index (χ2v) is 8.16. The number of carbonyl (C=O) groups excluding carboxylic acids is 1. The Labute approximate surface area is 166 Å². The number of benzene rings is 2. The predicted octanol–water partition coefficient (Wildman–Crippen LogP) is 4.71. The first-order chi connectivity index (χ1) is 12.9. The molecule has 1 aliphatic rings. The number of rotatable bonds is 6. The number of thioether (sulfide) groups is 1. The monoisotopic (exact) mass is 410 g/mol. The molecule has 3 rings (SSSR count). The van der Waals surface area contributed by atoms with Crippen molar-refractivity contribution in [1.29, 1.82) is 0 Å². The van der Waals surface area contributed by atoms with E-state index < -0.39 is 12.5 Å². The number of alkyl halides is 2. The minimum atomic E-state index is -3.50. The molecule has 0 N–H and O–H groups in total. The zero-order chi connectivity index (χ0) is 19.4. The number of nitrogens with zero attached hydrogens (tertiary/aromatic N) is 2. The number of aldehydes is 1. The highest BCUT2D eigenvalue weighted by Gasteiger charge is 2.30. The number of hydrogen-bond donors (Lipinski definition) is 0. The van der Waals surface area contributed by atoms with Crippen molar-refractivity contribution in [3.05, 3.63) is 42.5 Å². The summed E-state index contributed by atoms with van der Waals surface area (Å²) in [5, 5.41) is 0. The van der Waals surface area contributed by atoms with Crippen molar-refractivity contribution in [2.75, 3.05) is 37.9 Å². The van der Waals surface area contributed by atoms with Crippen LogP contribution in [0.1, 0.15) is 0 Å². The van der Waals surface area contributed by atoms with Gasteiger partial charge in [0.2, 0.25) is 0 Å². The average molecular weight is 411 g/mol. The van der Waals surface area contributed by atoms with Gasteiger partial charge in [0.15, 0.2) is 12.9 Å². The van der Waals surface area contributed by atoms with Crippen LogP contribution in [0, 0.1) is 0 Å². The molecule has 0 unspecified atom stereocenters. The van der Waals surface area contributed by atoms with Crippen LogP contribution in [-0.2, 0) is 4.79 Å². The molecule has 1 aliphatic heterocycles. The third-order valence-electron chi connectivity index (χ3n) is 4.09. The van der Waals surface area contributed by atoms with Gasteiger partial charge in [0.05, 0.1) is 15.5 Å². The van der Waals surface area contributed by atoms with Crippen molar-refractivity contribution in [2.24, 2.45) is 0 Å². The molecule has 0 aromatic heterocycles. The van der Waals surface area contributed by atoms with Crippen molar-refractivity contribution >= 4 is 41.4 Å². The summed E-state index contributed by atoms with van der Waals surface area (Å²) in [6.07, 6.45) is 1.49. The van der Waals surface area contributed by atoms with Crippen molar-refractivity contribution in [3.8, 4) is 5.75 Å². The Balaban J connectivity index is 2.01. The first-order valence-corrected chi connectivity index (χ1v) is 10.3. The molecule has 0 atom stereocenters. The Morgan fingerprint density at radius 2 is 2.00 bits per heavy atom. The zero-order valence-corrected chi connectivity index (χ0v) is 16.7. The SMILES string of the molecule is CSc1cc2c(cc1OCC(F)(F)C=O)SN(C)CCN2c1ccccc1. The highest BCUT2D eigenvalue weighted by atomic mass is 32.2. The summed E-state index contributed by atoms with van der Waals surface area (Å²) in [5.41, 5.74) is 2.08. The molecule has 0 amide bonds. The number of para-hydroxylation sites is 1. The van der Waals surface area contributed by atoms with E-state index in [0.717, 1.165) is 34.3 Å². The van der Waals surface area contributed by atoms with Gasteiger partial charge in [0.1, 0.15) is 5.75 Å². The van der Waals surface area contributed by atoms with Crippen LogP contribution in [0.15, 0.2) is 52.3 Å². The van der Waals surface area contributed by atoms with Crippen LogP contribution in [0.4, 0.5) is 20.2 Å². The molecule has 2 aromatic carbocycles. The van der Waals surface area contributed by atoms with Crippen molar-refractivity contribution in [2.45, 2.75) is 15.7 Å². The predicted molar refractivity (Wildman–Crippen MR) is 107 cm³/mol. The standard InChI is InChI=1S/C19H20F2N2O2S2/c1-22-8-9-23(14-6-4-3-5-7-14)15-10-18(26-2)16(11-17(15)27-22)25-13-19(20,21)12-24/h3-7,10-12H,8-9,13H2,1-2H3. The Morgan fingerprint density at radius 1 is 1.26 bits per heavy atom. The Bertz CT molecular complexity index is 806. The van der Waals surface area contributed by atoms with E-state index in [9.17, 15) is 13.6 Å². The number of halogens is 2. The van der Waals surface area contributed by atoms with Crippen LogP contribution in [0.5, 0.6) is 5.75 Å². The number of carbonyl (C=O) groups is 1. The van der Waals surface area contributed by atoms with Gasteiger partial charge in [-0.25, -0.2) is 4.31 Å². The molecule has 0 saturated heterocycles. The maximum atomic E-state index is 13.3. The second kappa shape index (κ2) is 8.50. The van der Waals surface area contributed by atoms with Crippen LogP contribution < -0.4 is 9.64 Å². The van der Waals surface area contributed by atoms with E-state index in [1.54, 1.807) is 18.0 Å². The van der Waals surface area contributed by atoms with E-state index in [-0.39, 0.29) is 6.29 Å². The molecule has 0 spiro atoms. The maximum absolute atomic E-state index is 13.3. The number of anilines is 2. The van der Waals surface area contributed by atoms with Gasteiger partial charge in [-0.2, -0.15) is 8.78 Å². The number of hydrogen-bond acceptors (Lipinski definition) is 6. The third-order valence-corrected chi connectivity index (χ3v) is 5.87. The van der Waals surface area contributed by atoms with E-state index >= 15 is 0 Å². The van der Waals surface area contributed by atoms with Gasteiger partial charge in [-0.05, 0) is 49.5 Å². The summed E-state index contributed by atoms with van der Waals surface area (Å²) in [7, 11) is 1.99. The number of fused-ring (bicyclic) bond motifs is 1. The van der Waals surface area contributed by atoms with Crippen LogP contribution in [0.3, 0.4) is 0 Å². The smallest absolute Gasteiger partial charge is 0.335 e. The normalized spacial score (nSPS) is 15.2. The molecule has 27 heavy (non-hydrogen) atoms. The van der Waals surface area contributed by atoms with E-state index in [2.05, 4.69) is 9.21 Å².